The van der Waals surface area contributed by atoms with Crippen molar-refractivity contribution in [1.82, 2.24) is 16.1 Å². The number of imide groups is 1. The first-order valence-electron chi connectivity index (χ1n) is 4.01. The van der Waals surface area contributed by atoms with Gasteiger partial charge in [-0.3, -0.25) is 10.1 Å². The Balaban J connectivity index is 3.75. The van der Waals surface area contributed by atoms with Crippen molar-refractivity contribution in [3.8, 4) is 0 Å². The number of urea groups is 1. The molecule has 0 spiro atoms. The van der Waals surface area contributed by atoms with E-state index in [1.54, 1.807) is 13.8 Å². The van der Waals surface area contributed by atoms with Crippen molar-refractivity contribution >= 4 is 11.9 Å². The fraction of sp³-hybridized carbons (Fsp3) is 0.714. The predicted octanol–water partition coefficient (Wildman–Crippen LogP) is -0.628. The van der Waals surface area contributed by atoms with Crippen LogP contribution in [0.3, 0.4) is 0 Å². The van der Waals surface area contributed by atoms with E-state index in [4.69, 9.17) is 4.84 Å². The third-order valence-corrected chi connectivity index (χ3v) is 1.26. The standard InChI is InChI=1S/C7H15N3O3/c1-4-13-10-5(2)6(11)9-7(12)8-3/h5,10H,4H2,1-3H3,(H2,8,9,11,12). The van der Waals surface area contributed by atoms with E-state index in [-0.39, 0.29) is 0 Å². The highest BCUT2D eigenvalue weighted by atomic mass is 16.6. The summed E-state index contributed by atoms with van der Waals surface area (Å²) in [4.78, 5) is 26.6. The van der Waals surface area contributed by atoms with Crippen molar-refractivity contribution in [2.45, 2.75) is 19.9 Å². The smallest absolute Gasteiger partial charge is 0.321 e. The first-order valence-corrected chi connectivity index (χ1v) is 4.01. The second kappa shape index (κ2) is 6.38. The Hall–Kier alpha value is -1.14. The number of carbonyl (C=O) groups is 2. The first kappa shape index (κ1) is 11.9. The van der Waals surface area contributed by atoms with Crippen LogP contribution in [-0.4, -0.2) is 31.6 Å². The highest BCUT2D eigenvalue weighted by Crippen LogP contribution is 1.81. The molecule has 3 N–H and O–H groups in total. The van der Waals surface area contributed by atoms with Gasteiger partial charge in [0.15, 0.2) is 0 Å². The zero-order chi connectivity index (χ0) is 10.3. The normalized spacial score (nSPS) is 11.9. The van der Waals surface area contributed by atoms with Gasteiger partial charge < -0.3 is 10.2 Å². The van der Waals surface area contributed by atoms with Crippen LogP contribution in [0.1, 0.15) is 13.8 Å². The summed E-state index contributed by atoms with van der Waals surface area (Å²) in [5, 5.41) is 4.37. The molecule has 76 valence electrons. The highest BCUT2D eigenvalue weighted by molar-refractivity contribution is 5.96. The van der Waals surface area contributed by atoms with Crippen molar-refractivity contribution in [2.75, 3.05) is 13.7 Å². The van der Waals surface area contributed by atoms with E-state index in [2.05, 4.69) is 16.1 Å². The molecule has 0 aromatic heterocycles. The molecule has 0 saturated carbocycles. The molecular formula is C7H15N3O3. The third-order valence-electron chi connectivity index (χ3n) is 1.26. The van der Waals surface area contributed by atoms with Gasteiger partial charge in [0.05, 0.1) is 6.61 Å². The molecule has 0 bridgehead atoms. The van der Waals surface area contributed by atoms with Gasteiger partial charge in [0.25, 0.3) is 0 Å². The molecular weight excluding hydrogens is 174 g/mol. The summed E-state index contributed by atoms with van der Waals surface area (Å²) in [6, 6.07) is -1.09. The van der Waals surface area contributed by atoms with Crippen LogP contribution in [0.25, 0.3) is 0 Å². The van der Waals surface area contributed by atoms with Crippen LogP contribution < -0.4 is 16.1 Å². The number of hydroxylamine groups is 1. The van der Waals surface area contributed by atoms with Crippen LogP contribution in [0.5, 0.6) is 0 Å². The Labute approximate surface area is 77.0 Å². The highest BCUT2D eigenvalue weighted by Gasteiger charge is 2.14. The lowest BCUT2D eigenvalue weighted by atomic mass is 10.3. The molecule has 0 heterocycles. The molecule has 0 aliphatic rings. The van der Waals surface area contributed by atoms with Crippen LogP contribution in [-0.2, 0) is 9.63 Å². The quantitative estimate of drug-likeness (QED) is 0.514. The van der Waals surface area contributed by atoms with Gasteiger partial charge in [-0.25, -0.2) is 4.79 Å². The number of rotatable bonds is 4. The summed E-state index contributed by atoms with van der Waals surface area (Å²) in [6.45, 7) is 3.84. The molecule has 0 radical (unpaired) electrons. The number of hydrogen-bond acceptors (Lipinski definition) is 4. The number of hydrogen-bond donors (Lipinski definition) is 3. The van der Waals surface area contributed by atoms with Gasteiger partial charge in [-0.2, -0.15) is 5.48 Å². The summed E-state index contributed by atoms with van der Waals surface area (Å²) in [5.41, 5.74) is 2.47. The van der Waals surface area contributed by atoms with Gasteiger partial charge in [-0.1, -0.05) is 0 Å². The van der Waals surface area contributed by atoms with Crippen LogP contribution in [0.15, 0.2) is 0 Å². The Kier molecular flexibility index (Phi) is 5.82. The van der Waals surface area contributed by atoms with E-state index in [0.717, 1.165) is 0 Å². The lowest BCUT2D eigenvalue weighted by Gasteiger charge is -2.11. The minimum atomic E-state index is -0.558. The zero-order valence-electron chi connectivity index (χ0n) is 8.01. The van der Waals surface area contributed by atoms with Crippen molar-refractivity contribution in [2.24, 2.45) is 0 Å². The molecule has 0 aliphatic carbocycles. The summed E-state index contributed by atoms with van der Waals surface area (Å²) in [5.74, 6) is -0.437. The summed E-state index contributed by atoms with van der Waals surface area (Å²) >= 11 is 0. The molecule has 1 unspecified atom stereocenters. The molecule has 13 heavy (non-hydrogen) atoms. The average molecular weight is 189 g/mol. The second-order valence-electron chi connectivity index (χ2n) is 2.34. The molecule has 0 aromatic carbocycles. The number of nitrogens with one attached hydrogen (secondary N) is 3. The molecule has 6 nitrogen and oxygen atoms in total. The SMILES string of the molecule is CCONC(C)C(=O)NC(=O)NC. The van der Waals surface area contributed by atoms with Crippen LogP contribution in [0.2, 0.25) is 0 Å². The van der Waals surface area contributed by atoms with Crippen molar-refractivity contribution in [3.05, 3.63) is 0 Å². The largest absolute Gasteiger partial charge is 0.341 e. The van der Waals surface area contributed by atoms with E-state index >= 15 is 0 Å². The van der Waals surface area contributed by atoms with Gasteiger partial charge in [0.1, 0.15) is 6.04 Å². The molecule has 3 amide bonds. The minimum absolute atomic E-state index is 0.437. The maximum Gasteiger partial charge on any atom is 0.321 e. The van der Waals surface area contributed by atoms with Gasteiger partial charge in [0, 0.05) is 7.05 Å². The Morgan fingerprint density at radius 3 is 2.54 bits per heavy atom. The van der Waals surface area contributed by atoms with Crippen LogP contribution >= 0.6 is 0 Å². The first-order chi connectivity index (χ1) is 6.11. The summed E-state index contributed by atoms with van der Waals surface area (Å²) < 4.78 is 0. The van der Waals surface area contributed by atoms with E-state index in [1.807, 2.05) is 0 Å². The maximum absolute atomic E-state index is 11.1. The van der Waals surface area contributed by atoms with E-state index < -0.39 is 18.0 Å². The number of amides is 3. The summed E-state index contributed by atoms with van der Waals surface area (Å²) in [7, 11) is 1.43. The third kappa shape index (κ3) is 5.15. The molecule has 0 rings (SSSR count). The fourth-order valence-corrected chi connectivity index (χ4v) is 0.545. The second-order valence-corrected chi connectivity index (χ2v) is 2.34. The van der Waals surface area contributed by atoms with E-state index in [1.165, 1.54) is 7.05 Å². The lowest BCUT2D eigenvalue weighted by molar-refractivity contribution is -0.125. The molecule has 0 aliphatic heterocycles. The lowest BCUT2D eigenvalue weighted by Crippen LogP contribution is -2.47. The Bertz CT molecular complexity index is 184. The van der Waals surface area contributed by atoms with Crippen LogP contribution in [0.4, 0.5) is 4.79 Å². The molecule has 0 saturated heterocycles. The van der Waals surface area contributed by atoms with Gasteiger partial charge >= 0.3 is 6.03 Å². The minimum Gasteiger partial charge on any atom is -0.341 e. The molecule has 6 heteroatoms. The molecule has 1 atom stereocenters. The van der Waals surface area contributed by atoms with Crippen molar-refractivity contribution in [3.63, 3.8) is 0 Å². The Morgan fingerprint density at radius 1 is 1.46 bits per heavy atom. The average Bonchev–Trinajstić information content (AvgIpc) is 2.13. The predicted molar refractivity (Wildman–Crippen MR) is 46.8 cm³/mol. The topological polar surface area (TPSA) is 79.5 Å². The van der Waals surface area contributed by atoms with E-state index in [9.17, 15) is 9.59 Å². The van der Waals surface area contributed by atoms with E-state index in [0.29, 0.717) is 6.61 Å². The van der Waals surface area contributed by atoms with Gasteiger partial charge in [-0.05, 0) is 13.8 Å². The Morgan fingerprint density at radius 2 is 2.08 bits per heavy atom. The molecule has 0 fully saturated rings. The number of carbonyl (C=O) groups excluding carboxylic acids is 2. The van der Waals surface area contributed by atoms with Crippen LogP contribution in [0, 0.1) is 0 Å². The van der Waals surface area contributed by atoms with Crippen molar-refractivity contribution in [1.29, 1.82) is 0 Å². The van der Waals surface area contributed by atoms with Crippen molar-refractivity contribution < 1.29 is 14.4 Å². The molecule has 0 aromatic rings. The van der Waals surface area contributed by atoms with Gasteiger partial charge in [0.2, 0.25) is 5.91 Å². The monoisotopic (exact) mass is 189 g/mol. The maximum atomic E-state index is 11.1. The summed E-state index contributed by atoms with van der Waals surface area (Å²) in [6.07, 6.45) is 0. The fourth-order valence-electron chi connectivity index (χ4n) is 0.545. The zero-order valence-corrected chi connectivity index (χ0v) is 8.01. The van der Waals surface area contributed by atoms with Gasteiger partial charge in [-0.15, -0.1) is 0 Å².